The van der Waals surface area contributed by atoms with Crippen molar-refractivity contribution in [3.05, 3.63) is 36.4 Å². The Bertz CT molecular complexity index is 568. The highest BCUT2D eigenvalue weighted by atomic mass is 35.5. The second kappa shape index (κ2) is 5.67. The number of carbonyl (C=O) groups excluding carboxylic acids is 2. The quantitative estimate of drug-likeness (QED) is 0.487. The lowest BCUT2D eigenvalue weighted by Gasteiger charge is -2.32. The van der Waals surface area contributed by atoms with Crippen molar-refractivity contribution in [1.29, 1.82) is 0 Å². The van der Waals surface area contributed by atoms with Gasteiger partial charge in [-0.3, -0.25) is 9.59 Å². The molecule has 0 radical (unpaired) electrons. The van der Waals surface area contributed by atoms with E-state index in [0.717, 1.165) is 0 Å². The molecule has 1 aromatic carbocycles. The molecule has 2 unspecified atom stereocenters. The van der Waals surface area contributed by atoms with Crippen molar-refractivity contribution in [1.82, 2.24) is 0 Å². The molecule has 5 heteroatoms. The summed E-state index contributed by atoms with van der Waals surface area (Å²) in [5.74, 6) is 0.248. The first-order chi connectivity index (χ1) is 9.45. The number of hydrogen-bond donors (Lipinski definition) is 0. The van der Waals surface area contributed by atoms with Gasteiger partial charge in [0.2, 0.25) is 0 Å². The molecule has 1 aliphatic heterocycles. The molecule has 0 bridgehead atoms. The third kappa shape index (κ3) is 2.56. The molecule has 1 aromatic rings. The molecule has 2 atom stereocenters. The number of hydrogen-bond acceptors (Lipinski definition) is 3. The molecule has 0 saturated heterocycles. The fourth-order valence-corrected chi connectivity index (χ4v) is 2.23. The topological polar surface area (TPSA) is 46.6 Å². The van der Waals surface area contributed by atoms with Crippen LogP contribution in [0.4, 0.5) is 5.69 Å². The van der Waals surface area contributed by atoms with E-state index in [1.807, 2.05) is 0 Å². The van der Waals surface area contributed by atoms with E-state index in [9.17, 15) is 9.59 Å². The zero-order valence-electron chi connectivity index (χ0n) is 11.4. The van der Waals surface area contributed by atoms with E-state index in [1.165, 1.54) is 0 Å². The molecule has 0 aliphatic carbocycles. The van der Waals surface area contributed by atoms with E-state index in [4.69, 9.17) is 16.3 Å². The molecule has 1 amide bonds. The predicted octanol–water partition coefficient (Wildman–Crippen LogP) is 2.80. The average Bonchev–Trinajstić information content (AvgIpc) is 2.42. The van der Waals surface area contributed by atoms with E-state index in [1.54, 1.807) is 43.0 Å². The molecule has 0 fully saturated rings. The standard InChI is InChI=1S/C15H16ClNO3/c1-4-7-17-12-8-11(14(18)9(2)16)5-6-13(12)20-10(3)15(17)19/h4-6,8-10H,1,7H2,2-3H3. The van der Waals surface area contributed by atoms with Crippen molar-refractivity contribution in [3.8, 4) is 5.75 Å². The van der Waals surface area contributed by atoms with Gasteiger partial charge in [-0.05, 0) is 32.0 Å². The Hall–Kier alpha value is -1.81. The smallest absolute Gasteiger partial charge is 0.268 e. The fraction of sp³-hybridized carbons (Fsp3) is 0.333. The highest BCUT2D eigenvalue weighted by molar-refractivity contribution is 6.33. The van der Waals surface area contributed by atoms with Crippen molar-refractivity contribution in [2.24, 2.45) is 0 Å². The number of ether oxygens (including phenoxy) is 1. The average molecular weight is 294 g/mol. The Morgan fingerprint density at radius 3 is 2.90 bits per heavy atom. The first kappa shape index (κ1) is 14.6. The first-order valence-electron chi connectivity index (χ1n) is 6.37. The van der Waals surface area contributed by atoms with E-state index in [0.29, 0.717) is 23.5 Å². The monoisotopic (exact) mass is 293 g/mol. The summed E-state index contributed by atoms with van der Waals surface area (Å²) < 4.78 is 5.55. The minimum absolute atomic E-state index is 0.152. The summed E-state index contributed by atoms with van der Waals surface area (Å²) >= 11 is 5.82. The molecular formula is C15H16ClNO3. The van der Waals surface area contributed by atoms with Crippen LogP contribution >= 0.6 is 11.6 Å². The Labute approximate surface area is 123 Å². The Morgan fingerprint density at radius 2 is 2.30 bits per heavy atom. The molecule has 0 aromatic heterocycles. The first-order valence-corrected chi connectivity index (χ1v) is 6.80. The lowest BCUT2D eigenvalue weighted by molar-refractivity contribution is -0.125. The highest BCUT2D eigenvalue weighted by Crippen LogP contribution is 2.35. The maximum absolute atomic E-state index is 12.1. The molecule has 106 valence electrons. The number of alkyl halides is 1. The van der Waals surface area contributed by atoms with Crippen LogP contribution in [0.5, 0.6) is 5.75 Å². The zero-order valence-corrected chi connectivity index (χ0v) is 12.2. The van der Waals surface area contributed by atoms with Crippen LogP contribution in [0.2, 0.25) is 0 Å². The van der Waals surface area contributed by atoms with Gasteiger partial charge >= 0.3 is 0 Å². The molecule has 0 spiro atoms. The van der Waals surface area contributed by atoms with Crippen LogP contribution in [-0.2, 0) is 4.79 Å². The lowest BCUT2D eigenvalue weighted by atomic mass is 10.1. The second-order valence-electron chi connectivity index (χ2n) is 4.66. The van der Waals surface area contributed by atoms with Gasteiger partial charge in [-0.1, -0.05) is 6.08 Å². The largest absolute Gasteiger partial charge is 0.479 e. The van der Waals surface area contributed by atoms with Gasteiger partial charge in [0.05, 0.1) is 11.1 Å². The highest BCUT2D eigenvalue weighted by Gasteiger charge is 2.31. The third-order valence-electron chi connectivity index (χ3n) is 3.12. The molecule has 0 N–H and O–H groups in total. The minimum atomic E-state index is -0.611. The Kier molecular flexibility index (Phi) is 4.14. The molecule has 1 heterocycles. The maximum atomic E-state index is 12.1. The Morgan fingerprint density at radius 1 is 1.60 bits per heavy atom. The molecular weight excluding hydrogens is 278 g/mol. The summed E-state index contributed by atoms with van der Waals surface area (Å²) in [6, 6.07) is 5.00. The zero-order chi connectivity index (χ0) is 14.9. The molecule has 20 heavy (non-hydrogen) atoms. The number of halogens is 1. The lowest BCUT2D eigenvalue weighted by Crippen LogP contribution is -2.44. The summed E-state index contributed by atoms with van der Waals surface area (Å²) in [4.78, 5) is 25.6. The van der Waals surface area contributed by atoms with Gasteiger partial charge in [0, 0.05) is 12.1 Å². The van der Waals surface area contributed by atoms with Gasteiger partial charge in [-0.25, -0.2) is 0 Å². The summed E-state index contributed by atoms with van der Waals surface area (Å²) in [5, 5.41) is -0.611. The number of ketones is 1. The molecule has 0 saturated carbocycles. The Balaban J connectivity index is 2.47. The van der Waals surface area contributed by atoms with Crippen molar-refractivity contribution in [3.63, 3.8) is 0 Å². The van der Waals surface area contributed by atoms with Gasteiger partial charge < -0.3 is 9.64 Å². The summed E-state index contributed by atoms with van der Waals surface area (Å²) in [5.41, 5.74) is 1.04. The van der Waals surface area contributed by atoms with E-state index in [-0.39, 0.29) is 11.7 Å². The van der Waals surface area contributed by atoms with E-state index >= 15 is 0 Å². The van der Waals surface area contributed by atoms with Gasteiger partial charge in [0.25, 0.3) is 5.91 Å². The number of benzene rings is 1. The van der Waals surface area contributed by atoms with Crippen molar-refractivity contribution in [2.45, 2.75) is 25.3 Å². The number of amides is 1. The maximum Gasteiger partial charge on any atom is 0.268 e. The van der Waals surface area contributed by atoms with Crippen LogP contribution in [0.15, 0.2) is 30.9 Å². The number of anilines is 1. The van der Waals surface area contributed by atoms with Crippen LogP contribution < -0.4 is 9.64 Å². The number of carbonyl (C=O) groups is 2. The molecule has 4 nitrogen and oxygen atoms in total. The predicted molar refractivity (Wildman–Crippen MR) is 78.7 cm³/mol. The van der Waals surface area contributed by atoms with Crippen LogP contribution in [0, 0.1) is 0 Å². The molecule has 2 rings (SSSR count). The third-order valence-corrected chi connectivity index (χ3v) is 3.32. The van der Waals surface area contributed by atoms with Crippen LogP contribution in [0.3, 0.4) is 0 Å². The minimum Gasteiger partial charge on any atom is -0.479 e. The summed E-state index contributed by atoms with van der Waals surface area (Å²) in [6.07, 6.45) is 1.09. The van der Waals surface area contributed by atoms with Crippen LogP contribution in [-0.4, -0.2) is 29.7 Å². The van der Waals surface area contributed by atoms with Crippen LogP contribution in [0.25, 0.3) is 0 Å². The van der Waals surface area contributed by atoms with Gasteiger partial charge in [-0.2, -0.15) is 0 Å². The van der Waals surface area contributed by atoms with Gasteiger partial charge in [0.1, 0.15) is 5.75 Å². The van der Waals surface area contributed by atoms with Gasteiger partial charge in [0.15, 0.2) is 11.9 Å². The number of Topliss-reactive ketones (excluding diaryl/α,β-unsaturated/α-hetero) is 1. The van der Waals surface area contributed by atoms with Crippen LogP contribution in [0.1, 0.15) is 24.2 Å². The van der Waals surface area contributed by atoms with E-state index < -0.39 is 11.5 Å². The van der Waals surface area contributed by atoms with Crippen molar-refractivity contribution >= 4 is 29.0 Å². The van der Waals surface area contributed by atoms with Crippen molar-refractivity contribution < 1.29 is 14.3 Å². The molecule has 1 aliphatic rings. The summed E-state index contributed by atoms with van der Waals surface area (Å²) in [6.45, 7) is 7.33. The number of fused-ring (bicyclic) bond motifs is 1. The SMILES string of the molecule is C=CCN1C(=O)C(C)Oc2ccc(C(=O)C(C)Cl)cc21. The normalized spacial score (nSPS) is 19.1. The second-order valence-corrected chi connectivity index (χ2v) is 5.32. The number of rotatable bonds is 4. The van der Waals surface area contributed by atoms with Crippen molar-refractivity contribution in [2.75, 3.05) is 11.4 Å². The van der Waals surface area contributed by atoms with Gasteiger partial charge in [-0.15, -0.1) is 18.2 Å². The van der Waals surface area contributed by atoms with E-state index in [2.05, 4.69) is 6.58 Å². The summed E-state index contributed by atoms with van der Waals surface area (Å²) in [7, 11) is 0. The fourth-order valence-electron chi connectivity index (χ4n) is 2.11. The number of nitrogens with zero attached hydrogens (tertiary/aromatic N) is 1.